The van der Waals surface area contributed by atoms with Gasteiger partial charge in [-0.15, -0.1) is 0 Å². The van der Waals surface area contributed by atoms with Crippen LogP contribution in [0.25, 0.3) is 11.1 Å². The lowest BCUT2D eigenvalue weighted by Crippen LogP contribution is -2.42. The number of fused-ring (bicyclic) bond motifs is 3. The SMILES string of the molecule is C[C@@H](CC(=O)N1CCC[C@@H]1CC(=O)O)NC(=O)OCC1c2ccccc2-c2ccccc21. The summed E-state index contributed by atoms with van der Waals surface area (Å²) >= 11 is 0. The Labute approximate surface area is 187 Å². The number of nitrogens with one attached hydrogen (secondary N) is 1. The van der Waals surface area contributed by atoms with Crippen molar-refractivity contribution in [3.8, 4) is 11.1 Å². The van der Waals surface area contributed by atoms with Crippen molar-refractivity contribution in [3.05, 3.63) is 59.7 Å². The van der Waals surface area contributed by atoms with Crippen LogP contribution < -0.4 is 5.32 Å². The van der Waals surface area contributed by atoms with E-state index < -0.39 is 18.1 Å². The summed E-state index contributed by atoms with van der Waals surface area (Å²) in [6.07, 6.45) is 1.01. The molecule has 2 N–H and O–H groups in total. The molecule has 2 aromatic carbocycles. The minimum atomic E-state index is -0.903. The Morgan fingerprint density at radius 2 is 1.72 bits per heavy atom. The van der Waals surface area contributed by atoms with Gasteiger partial charge in [0.2, 0.25) is 5.91 Å². The zero-order valence-corrected chi connectivity index (χ0v) is 18.1. The van der Waals surface area contributed by atoms with Crippen molar-refractivity contribution in [2.45, 2.75) is 50.6 Å². The average molecular weight is 437 g/mol. The Kier molecular flexibility index (Phi) is 6.44. The molecule has 1 saturated heterocycles. The van der Waals surface area contributed by atoms with E-state index in [4.69, 9.17) is 9.84 Å². The number of likely N-dealkylation sites (tertiary alicyclic amines) is 1. The molecule has 0 radical (unpaired) electrons. The summed E-state index contributed by atoms with van der Waals surface area (Å²) in [5, 5.41) is 11.8. The second-order valence-electron chi connectivity index (χ2n) is 8.56. The van der Waals surface area contributed by atoms with Crippen molar-refractivity contribution in [2.75, 3.05) is 13.2 Å². The number of aliphatic carboxylic acids is 1. The lowest BCUT2D eigenvalue weighted by molar-refractivity contribution is -0.140. The molecule has 32 heavy (non-hydrogen) atoms. The van der Waals surface area contributed by atoms with Crippen molar-refractivity contribution in [1.82, 2.24) is 10.2 Å². The number of alkyl carbamates (subject to hydrolysis) is 1. The normalized spacial score (nSPS) is 18.0. The Balaban J connectivity index is 1.31. The first-order valence-corrected chi connectivity index (χ1v) is 11.1. The van der Waals surface area contributed by atoms with Crippen LogP contribution in [0.5, 0.6) is 0 Å². The van der Waals surface area contributed by atoms with E-state index in [-0.39, 0.29) is 37.3 Å². The quantitative estimate of drug-likeness (QED) is 0.689. The zero-order valence-electron chi connectivity index (χ0n) is 18.1. The molecule has 0 saturated carbocycles. The van der Waals surface area contributed by atoms with E-state index in [0.717, 1.165) is 28.7 Å². The Hall–Kier alpha value is -3.35. The van der Waals surface area contributed by atoms with Gasteiger partial charge in [-0.05, 0) is 42.0 Å². The fraction of sp³-hybridized carbons (Fsp3) is 0.400. The van der Waals surface area contributed by atoms with Crippen molar-refractivity contribution < 1.29 is 24.2 Å². The molecular formula is C25H28N2O5. The maximum absolute atomic E-state index is 12.6. The number of carboxylic acid groups (broad SMARTS) is 1. The second kappa shape index (κ2) is 9.42. The monoisotopic (exact) mass is 436 g/mol. The molecule has 4 rings (SSSR count). The molecule has 7 heteroatoms. The number of hydrogen-bond donors (Lipinski definition) is 2. The zero-order chi connectivity index (χ0) is 22.7. The summed E-state index contributed by atoms with van der Waals surface area (Å²) in [5.41, 5.74) is 4.61. The van der Waals surface area contributed by atoms with E-state index in [1.807, 2.05) is 24.3 Å². The predicted octanol–water partition coefficient (Wildman–Crippen LogP) is 3.77. The van der Waals surface area contributed by atoms with Crippen molar-refractivity contribution >= 4 is 18.0 Å². The van der Waals surface area contributed by atoms with Gasteiger partial charge in [0.25, 0.3) is 0 Å². The number of hydrogen-bond acceptors (Lipinski definition) is 4. The largest absolute Gasteiger partial charge is 0.481 e. The van der Waals surface area contributed by atoms with Crippen LogP contribution >= 0.6 is 0 Å². The second-order valence-corrected chi connectivity index (χ2v) is 8.56. The fourth-order valence-electron chi connectivity index (χ4n) is 4.85. The van der Waals surface area contributed by atoms with E-state index in [9.17, 15) is 14.4 Å². The van der Waals surface area contributed by atoms with E-state index in [1.54, 1.807) is 11.8 Å². The van der Waals surface area contributed by atoms with Crippen LogP contribution in [0, 0.1) is 0 Å². The van der Waals surface area contributed by atoms with Gasteiger partial charge in [0.15, 0.2) is 0 Å². The highest BCUT2D eigenvalue weighted by Crippen LogP contribution is 2.44. The van der Waals surface area contributed by atoms with Crippen LogP contribution in [0.15, 0.2) is 48.5 Å². The maximum atomic E-state index is 12.6. The minimum absolute atomic E-state index is 0.0218. The van der Waals surface area contributed by atoms with Gasteiger partial charge in [-0.1, -0.05) is 48.5 Å². The van der Waals surface area contributed by atoms with Crippen LogP contribution in [0.4, 0.5) is 4.79 Å². The van der Waals surface area contributed by atoms with Crippen LogP contribution in [-0.2, 0) is 14.3 Å². The van der Waals surface area contributed by atoms with E-state index in [0.29, 0.717) is 13.0 Å². The molecule has 0 aromatic heterocycles. The number of amides is 2. The third kappa shape index (κ3) is 4.61. The molecule has 2 aliphatic rings. The Morgan fingerprint density at radius 1 is 1.09 bits per heavy atom. The summed E-state index contributed by atoms with van der Waals surface area (Å²) in [6.45, 7) is 2.53. The van der Waals surface area contributed by atoms with Gasteiger partial charge >= 0.3 is 12.1 Å². The van der Waals surface area contributed by atoms with Gasteiger partial charge in [-0.2, -0.15) is 0 Å². The first-order chi connectivity index (χ1) is 15.4. The van der Waals surface area contributed by atoms with Gasteiger partial charge in [-0.3, -0.25) is 9.59 Å². The molecule has 0 spiro atoms. The van der Waals surface area contributed by atoms with Crippen LogP contribution in [0.3, 0.4) is 0 Å². The van der Waals surface area contributed by atoms with Gasteiger partial charge in [-0.25, -0.2) is 4.79 Å². The lowest BCUT2D eigenvalue weighted by atomic mass is 9.98. The summed E-state index contributed by atoms with van der Waals surface area (Å²) in [7, 11) is 0. The summed E-state index contributed by atoms with van der Waals surface area (Å²) in [6, 6.07) is 15.6. The molecule has 2 aromatic rings. The summed E-state index contributed by atoms with van der Waals surface area (Å²) in [5.74, 6) is -1.06. The maximum Gasteiger partial charge on any atom is 0.407 e. The highest BCUT2D eigenvalue weighted by Gasteiger charge is 2.32. The third-order valence-electron chi connectivity index (χ3n) is 6.30. The molecule has 0 unspecified atom stereocenters. The van der Waals surface area contributed by atoms with E-state index in [2.05, 4.69) is 29.6 Å². The third-order valence-corrected chi connectivity index (χ3v) is 6.30. The molecule has 2 atom stereocenters. The number of nitrogens with zero attached hydrogens (tertiary/aromatic N) is 1. The number of ether oxygens (including phenoxy) is 1. The minimum Gasteiger partial charge on any atom is -0.481 e. The van der Waals surface area contributed by atoms with Gasteiger partial charge in [0.1, 0.15) is 6.61 Å². The molecule has 168 valence electrons. The molecular weight excluding hydrogens is 408 g/mol. The van der Waals surface area contributed by atoms with Crippen molar-refractivity contribution in [1.29, 1.82) is 0 Å². The highest BCUT2D eigenvalue weighted by molar-refractivity contribution is 5.80. The van der Waals surface area contributed by atoms with Gasteiger partial charge in [0.05, 0.1) is 6.42 Å². The molecule has 2 amide bonds. The first kappa shape index (κ1) is 21.9. The van der Waals surface area contributed by atoms with Crippen LogP contribution in [-0.4, -0.2) is 53.2 Å². The Bertz CT molecular complexity index is 975. The average Bonchev–Trinajstić information content (AvgIpc) is 3.34. The summed E-state index contributed by atoms with van der Waals surface area (Å²) < 4.78 is 5.54. The van der Waals surface area contributed by atoms with Crippen molar-refractivity contribution in [3.63, 3.8) is 0 Å². The first-order valence-electron chi connectivity index (χ1n) is 11.1. The molecule has 0 bridgehead atoms. The summed E-state index contributed by atoms with van der Waals surface area (Å²) in [4.78, 5) is 37.7. The standard InChI is InChI=1S/C25H28N2O5/c1-16(13-23(28)27-12-6-7-17(27)14-24(29)30)26-25(31)32-15-22-20-10-4-2-8-18(20)19-9-3-5-11-21(19)22/h2-5,8-11,16-17,22H,6-7,12-15H2,1H3,(H,26,31)(H,29,30)/t16-,17+/m0/s1. The van der Waals surface area contributed by atoms with E-state index in [1.165, 1.54) is 0 Å². The molecule has 1 fully saturated rings. The van der Waals surface area contributed by atoms with Crippen molar-refractivity contribution in [2.24, 2.45) is 0 Å². The Morgan fingerprint density at radius 3 is 2.34 bits per heavy atom. The molecule has 1 heterocycles. The molecule has 1 aliphatic carbocycles. The smallest absolute Gasteiger partial charge is 0.407 e. The number of carbonyl (C=O) groups excluding carboxylic acids is 2. The number of carbonyl (C=O) groups is 3. The fourth-order valence-corrected chi connectivity index (χ4v) is 4.85. The van der Waals surface area contributed by atoms with Gasteiger partial charge in [0, 0.05) is 31.0 Å². The van der Waals surface area contributed by atoms with Crippen LogP contribution in [0.2, 0.25) is 0 Å². The van der Waals surface area contributed by atoms with E-state index >= 15 is 0 Å². The molecule has 1 aliphatic heterocycles. The lowest BCUT2D eigenvalue weighted by Gasteiger charge is -2.25. The molecule has 7 nitrogen and oxygen atoms in total. The highest BCUT2D eigenvalue weighted by atomic mass is 16.5. The van der Waals surface area contributed by atoms with Crippen LogP contribution in [0.1, 0.15) is 49.7 Å². The van der Waals surface area contributed by atoms with Gasteiger partial charge < -0.3 is 20.1 Å². The predicted molar refractivity (Wildman–Crippen MR) is 119 cm³/mol. The number of benzene rings is 2. The topological polar surface area (TPSA) is 95.9 Å². The number of rotatable bonds is 7. The number of carboxylic acids is 1.